The maximum atomic E-state index is 10.5. The minimum absolute atomic E-state index is 0.0682. The number of nitrogens with zero attached hydrogens (tertiary/aromatic N) is 2. The van der Waals surface area contributed by atoms with E-state index in [1.807, 2.05) is 0 Å². The van der Waals surface area contributed by atoms with Crippen molar-refractivity contribution in [1.29, 1.82) is 0 Å². The Morgan fingerprint density at radius 1 is 1.52 bits per heavy atom. The minimum atomic E-state index is -0.453. The molecule has 2 fully saturated rings. The van der Waals surface area contributed by atoms with Crippen LogP contribution in [0.5, 0.6) is 0 Å². The first-order valence-electron chi connectivity index (χ1n) is 7.92. The van der Waals surface area contributed by atoms with Crippen molar-refractivity contribution in [3.05, 3.63) is 16.1 Å². The molecule has 0 saturated carbocycles. The van der Waals surface area contributed by atoms with E-state index in [2.05, 4.69) is 36.0 Å². The zero-order valence-electron chi connectivity index (χ0n) is 13.2. The lowest BCUT2D eigenvalue weighted by Crippen LogP contribution is -2.50. The van der Waals surface area contributed by atoms with E-state index in [-0.39, 0.29) is 11.5 Å². The zero-order valence-corrected chi connectivity index (χ0v) is 14.0. The van der Waals surface area contributed by atoms with Gasteiger partial charge in [-0.3, -0.25) is 4.90 Å². The summed E-state index contributed by atoms with van der Waals surface area (Å²) in [6.45, 7) is 9.29. The third kappa shape index (κ3) is 3.47. The van der Waals surface area contributed by atoms with Gasteiger partial charge in [0.25, 0.3) is 0 Å². The zero-order chi connectivity index (χ0) is 15.0. The second-order valence-electron chi connectivity index (χ2n) is 7.31. The molecular weight excluding hydrogens is 284 g/mol. The molecule has 3 rings (SSSR count). The number of morpholine rings is 1. The first-order valence-corrected chi connectivity index (χ1v) is 8.80. The summed E-state index contributed by atoms with van der Waals surface area (Å²) in [5.74, 6) is 0. The van der Waals surface area contributed by atoms with Crippen LogP contribution in [-0.2, 0) is 16.6 Å². The molecule has 2 aliphatic heterocycles. The van der Waals surface area contributed by atoms with Crippen LogP contribution in [0.1, 0.15) is 44.3 Å². The number of hydrogen-bond acceptors (Lipinski definition) is 5. The van der Waals surface area contributed by atoms with Gasteiger partial charge in [0.15, 0.2) is 0 Å². The SMILES string of the molecule is CC(C)(C)c1csc(CC(O)C2CN3CCCC3CO2)n1. The average molecular weight is 310 g/mol. The van der Waals surface area contributed by atoms with Gasteiger partial charge >= 0.3 is 0 Å². The van der Waals surface area contributed by atoms with Gasteiger partial charge in [0, 0.05) is 29.8 Å². The number of aromatic nitrogens is 1. The van der Waals surface area contributed by atoms with E-state index in [1.54, 1.807) is 11.3 Å². The number of aliphatic hydroxyl groups excluding tert-OH is 1. The highest BCUT2D eigenvalue weighted by atomic mass is 32.1. The van der Waals surface area contributed by atoms with Gasteiger partial charge < -0.3 is 9.84 Å². The lowest BCUT2D eigenvalue weighted by molar-refractivity contribution is -0.101. The van der Waals surface area contributed by atoms with Crippen LogP contribution in [0.2, 0.25) is 0 Å². The van der Waals surface area contributed by atoms with Crippen molar-refractivity contribution in [2.24, 2.45) is 0 Å². The van der Waals surface area contributed by atoms with Gasteiger partial charge in [-0.1, -0.05) is 20.8 Å². The molecule has 0 aromatic carbocycles. The molecule has 0 bridgehead atoms. The molecule has 0 amide bonds. The van der Waals surface area contributed by atoms with E-state index in [4.69, 9.17) is 4.74 Å². The molecule has 5 heteroatoms. The Hall–Kier alpha value is -0.490. The summed E-state index contributed by atoms with van der Waals surface area (Å²) in [5.41, 5.74) is 1.18. The van der Waals surface area contributed by atoms with E-state index in [0.29, 0.717) is 12.5 Å². The van der Waals surface area contributed by atoms with E-state index in [0.717, 1.165) is 30.4 Å². The van der Waals surface area contributed by atoms with Gasteiger partial charge in [0.05, 0.1) is 29.5 Å². The molecule has 1 aromatic heterocycles. The van der Waals surface area contributed by atoms with Crippen LogP contribution >= 0.6 is 11.3 Å². The predicted octanol–water partition coefficient (Wildman–Crippen LogP) is 2.21. The van der Waals surface area contributed by atoms with Gasteiger partial charge in [0.2, 0.25) is 0 Å². The van der Waals surface area contributed by atoms with Crippen LogP contribution in [0.4, 0.5) is 0 Å². The van der Waals surface area contributed by atoms with Crippen molar-refractivity contribution in [2.75, 3.05) is 19.7 Å². The quantitative estimate of drug-likeness (QED) is 0.930. The van der Waals surface area contributed by atoms with Crippen molar-refractivity contribution in [3.8, 4) is 0 Å². The van der Waals surface area contributed by atoms with E-state index < -0.39 is 6.10 Å². The smallest absolute Gasteiger partial charge is 0.0965 e. The van der Waals surface area contributed by atoms with Crippen molar-refractivity contribution >= 4 is 11.3 Å². The van der Waals surface area contributed by atoms with Crippen molar-refractivity contribution in [3.63, 3.8) is 0 Å². The molecule has 2 saturated heterocycles. The summed E-state index contributed by atoms with van der Waals surface area (Å²) in [6.07, 6.45) is 2.58. The van der Waals surface area contributed by atoms with Crippen LogP contribution in [-0.4, -0.2) is 52.9 Å². The highest BCUT2D eigenvalue weighted by Crippen LogP contribution is 2.27. The van der Waals surface area contributed by atoms with Gasteiger partial charge in [-0.05, 0) is 19.4 Å². The second kappa shape index (κ2) is 5.95. The van der Waals surface area contributed by atoms with Crippen LogP contribution in [0, 0.1) is 0 Å². The molecule has 1 N–H and O–H groups in total. The summed E-state index contributed by atoms with van der Waals surface area (Å²) in [4.78, 5) is 7.14. The predicted molar refractivity (Wildman–Crippen MR) is 84.9 cm³/mol. The van der Waals surface area contributed by atoms with Crippen LogP contribution in [0.3, 0.4) is 0 Å². The number of hydrogen-bond donors (Lipinski definition) is 1. The Balaban J connectivity index is 1.58. The highest BCUT2D eigenvalue weighted by molar-refractivity contribution is 7.09. The topological polar surface area (TPSA) is 45.6 Å². The molecule has 3 unspecified atom stereocenters. The third-order valence-corrected chi connectivity index (χ3v) is 5.42. The van der Waals surface area contributed by atoms with E-state index in [9.17, 15) is 5.11 Å². The number of fused-ring (bicyclic) bond motifs is 1. The summed E-state index contributed by atoms with van der Waals surface area (Å²) in [6, 6.07) is 0.584. The largest absolute Gasteiger partial charge is 0.390 e. The van der Waals surface area contributed by atoms with Crippen LogP contribution in [0.15, 0.2) is 5.38 Å². The first kappa shape index (κ1) is 15.4. The van der Waals surface area contributed by atoms with Gasteiger partial charge in [-0.2, -0.15) is 0 Å². The van der Waals surface area contributed by atoms with Crippen molar-refractivity contribution in [1.82, 2.24) is 9.88 Å². The first-order chi connectivity index (χ1) is 9.93. The molecule has 118 valence electrons. The number of rotatable bonds is 3. The van der Waals surface area contributed by atoms with E-state index in [1.165, 1.54) is 12.8 Å². The van der Waals surface area contributed by atoms with E-state index >= 15 is 0 Å². The Labute approximate surface area is 131 Å². The summed E-state index contributed by atoms with van der Waals surface area (Å²) >= 11 is 1.65. The lowest BCUT2D eigenvalue weighted by atomic mass is 9.93. The Kier molecular flexibility index (Phi) is 4.37. The number of aliphatic hydroxyl groups is 1. The average Bonchev–Trinajstić information content (AvgIpc) is 3.04. The standard InChI is InChI=1S/C16H26N2O2S/c1-16(2,3)14-10-21-15(17-14)7-12(19)13-8-18-6-4-5-11(18)9-20-13/h10-13,19H,4-9H2,1-3H3. The normalized spacial score (nSPS) is 28.6. The molecule has 3 atom stereocenters. The Bertz CT molecular complexity index is 483. The highest BCUT2D eigenvalue weighted by Gasteiger charge is 2.35. The fourth-order valence-electron chi connectivity index (χ4n) is 3.13. The van der Waals surface area contributed by atoms with Crippen molar-refractivity contribution in [2.45, 2.75) is 63.7 Å². The maximum absolute atomic E-state index is 10.5. The van der Waals surface area contributed by atoms with Gasteiger partial charge in [-0.25, -0.2) is 4.98 Å². The fourth-order valence-corrected chi connectivity index (χ4v) is 4.21. The third-order valence-electron chi connectivity index (χ3n) is 4.55. The molecule has 4 nitrogen and oxygen atoms in total. The maximum Gasteiger partial charge on any atom is 0.0965 e. The molecule has 0 spiro atoms. The summed E-state index contributed by atoms with van der Waals surface area (Å²) in [5, 5.41) is 13.6. The van der Waals surface area contributed by atoms with Gasteiger partial charge in [-0.15, -0.1) is 11.3 Å². The summed E-state index contributed by atoms with van der Waals surface area (Å²) < 4.78 is 5.89. The Morgan fingerprint density at radius 3 is 3.05 bits per heavy atom. The second-order valence-corrected chi connectivity index (χ2v) is 8.25. The summed E-state index contributed by atoms with van der Waals surface area (Å²) in [7, 11) is 0. The molecule has 0 radical (unpaired) electrons. The molecule has 3 heterocycles. The van der Waals surface area contributed by atoms with Crippen LogP contribution < -0.4 is 0 Å². The number of thiazole rings is 1. The molecule has 0 aliphatic carbocycles. The Morgan fingerprint density at radius 2 is 2.33 bits per heavy atom. The number of ether oxygens (including phenoxy) is 1. The van der Waals surface area contributed by atoms with Crippen LogP contribution in [0.25, 0.3) is 0 Å². The van der Waals surface area contributed by atoms with Gasteiger partial charge in [0.1, 0.15) is 0 Å². The molecule has 21 heavy (non-hydrogen) atoms. The minimum Gasteiger partial charge on any atom is -0.390 e. The monoisotopic (exact) mass is 310 g/mol. The molecule has 1 aromatic rings. The molecule has 2 aliphatic rings. The molecular formula is C16H26N2O2S. The van der Waals surface area contributed by atoms with Crippen molar-refractivity contribution < 1.29 is 9.84 Å². The fraction of sp³-hybridized carbons (Fsp3) is 0.812. The lowest BCUT2D eigenvalue weighted by Gasteiger charge is -2.37.